The molecule has 1 N–H and O–H groups in total. The molecule has 2 bridgehead atoms. The van der Waals surface area contributed by atoms with Crippen LogP contribution in [0.5, 0.6) is 5.75 Å². The van der Waals surface area contributed by atoms with Gasteiger partial charge in [-0.15, -0.1) is 11.3 Å². The largest absolute Gasteiger partial charge is 0.491 e. The van der Waals surface area contributed by atoms with Crippen molar-refractivity contribution in [2.75, 3.05) is 24.6 Å². The molecule has 1 aromatic heterocycles. The number of amides is 1. The number of fused-ring (bicyclic) bond motifs is 2. The highest BCUT2D eigenvalue weighted by atomic mass is 35.5. The Bertz CT molecular complexity index is 1480. The Hall–Kier alpha value is -2.42. The van der Waals surface area contributed by atoms with E-state index in [0.717, 1.165) is 61.7 Å². The second-order valence-corrected chi connectivity index (χ2v) is 15.9. The van der Waals surface area contributed by atoms with E-state index in [2.05, 4.69) is 41.0 Å². The van der Waals surface area contributed by atoms with Gasteiger partial charge < -0.3 is 9.64 Å². The number of benzene rings is 2. The number of carbonyl (C=O) groups is 1. The van der Waals surface area contributed by atoms with E-state index in [9.17, 15) is 9.00 Å². The van der Waals surface area contributed by atoms with Gasteiger partial charge in [-0.1, -0.05) is 44.4 Å². The fourth-order valence-corrected chi connectivity index (χ4v) is 9.47. The molecular formula is C35H44ClN3O3S2. The molecule has 3 heterocycles. The predicted octanol–water partition coefficient (Wildman–Crippen LogP) is 8.14. The number of aryl methyl sites for hydroxylation is 1. The van der Waals surface area contributed by atoms with E-state index in [-0.39, 0.29) is 23.0 Å². The van der Waals surface area contributed by atoms with Crippen LogP contribution in [-0.2, 0) is 17.4 Å². The fraction of sp³-hybridized carbons (Fsp3) is 0.543. The molecule has 0 spiro atoms. The minimum atomic E-state index is -1.48. The van der Waals surface area contributed by atoms with Crippen LogP contribution >= 0.6 is 22.9 Å². The Morgan fingerprint density at radius 3 is 2.73 bits per heavy atom. The van der Waals surface area contributed by atoms with E-state index in [1.54, 1.807) is 17.4 Å². The van der Waals surface area contributed by atoms with Crippen molar-refractivity contribution in [3.63, 3.8) is 0 Å². The molecule has 7 atom stereocenters. The van der Waals surface area contributed by atoms with Crippen molar-refractivity contribution in [3.05, 3.63) is 74.7 Å². The Morgan fingerprint density at radius 1 is 1.11 bits per heavy atom. The van der Waals surface area contributed by atoms with Crippen LogP contribution in [0.15, 0.2) is 48.0 Å². The maximum absolute atomic E-state index is 13.4. The van der Waals surface area contributed by atoms with Crippen LogP contribution in [0.3, 0.4) is 0 Å². The monoisotopic (exact) mass is 653 g/mol. The van der Waals surface area contributed by atoms with Gasteiger partial charge in [0.2, 0.25) is 0 Å². The number of ether oxygens (including phenoxy) is 1. The van der Waals surface area contributed by atoms with Crippen LogP contribution in [0.4, 0.5) is 5.69 Å². The first kappa shape index (κ1) is 31.6. The summed E-state index contributed by atoms with van der Waals surface area (Å²) in [7, 11) is -1.48. The lowest BCUT2D eigenvalue weighted by Crippen LogP contribution is -2.42. The van der Waals surface area contributed by atoms with Gasteiger partial charge in [0.15, 0.2) is 0 Å². The Labute approximate surface area is 273 Å². The first-order chi connectivity index (χ1) is 21.3. The van der Waals surface area contributed by atoms with E-state index in [0.29, 0.717) is 29.9 Å². The molecule has 0 saturated heterocycles. The number of aromatic nitrogens is 1. The van der Waals surface area contributed by atoms with Gasteiger partial charge in [-0.25, -0.2) is 9.19 Å². The normalized spacial score (nSPS) is 29.5. The molecule has 2 aliphatic heterocycles. The second-order valence-electron chi connectivity index (χ2n) is 13.0. The number of nitrogens with zero attached hydrogens (tertiary/aromatic N) is 2. The highest BCUT2D eigenvalue weighted by Gasteiger charge is 2.41. The molecule has 6 nitrogen and oxygen atoms in total. The van der Waals surface area contributed by atoms with Gasteiger partial charge in [0, 0.05) is 47.1 Å². The molecule has 6 rings (SSSR count). The lowest BCUT2D eigenvalue weighted by molar-refractivity contribution is 0.0982. The van der Waals surface area contributed by atoms with E-state index >= 15 is 0 Å². The summed E-state index contributed by atoms with van der Waals surface area (Å²) >= 11 is 8.23. The number of thiazole rings is 1. The van der Waals surface area contributed by atoms with Crippen molar-refractivity contribution in [2.45, 2.75) is 82.8 Å². The third kappa shape index (κ3) is 6.73. The van der Waals surface area contributed by atoms with Gasteiger partial charge in [0.05, 0.1) is 22.6 Å². The standard InChI is InChI=1S/C35H44ClN3O3S2/c1-4-6-24-17-28(36)11-13-29(24)27-20-39-19-26-9-12-30(26)31(35-37-15-16-43-35)8-5-7-22(2)23(3)44(41)38-34(40)25-10-14-33(42-21-27)32(39)18-25/h10-11,13-18,22-23,26-27,30-31H,4-9,12,19-21H2,1-3H3,(H,38,40). The maximum atomic E-state index is 13.4. The van der Waals surface area contributed by atoms with Crippen molar-refractivity contribution < 1.29 is 13.7 Å². The molecule has 236 valence electrons. The number of hydrogen-bond donors (Lipinski definition) is 1. The van der Waals surface area contributed by atoms with E-state index in [1.807, 2.05) is 31.3 Å². The number of hydrogen-bond acceptors (Lipinski definition) is 6. The van der Waals surface area contributed by atoms with Crippen LogP contribution in [-0.4, -0.2) is 40.0 Å². The van der Waals surface area contributed by atoms with Gasteiger partial charge in [0.25, 0.3) is 5.91 Å². The summed E-state index contributed by atoms with van der Waals surface area (Å²) in [6.45, 7) is 8.60. The Balaban J connectivity index is 1.38. The minimum absolute atomic E-state index is 0.139. The number of nitrogens with one attached hydrogen (secondary N) is 1. The zero-order chi connectivity index (χ0) is 30.8. The van der Waals surface area contributed by atoms with E-state index in [4.69, 9.17) is 21.3 Å². The van der Waals surface area contributed by atoms with Gasteiger partial charge >= 0.3 is 0 Å². The lowest BCUT2D eigenvalue weighted by Gasteiger charge is -2.44. The van der Waals surface area contributed by atoms with Crippen LogP contribution < -0.4 is 14.4 Å². The number of anilines is 1. The molecule has 1 amide bonds. The van der Waals surface area contributed by atoms with Crippen molar-refractivity contribution >= 4 is 45.5 Å². The molecule has 1 aliphatic carbocycles. The first-order valence-electron chi connectivity index (χ1n) is 16.2. The van der Waals surface area contributed by atoms with E-state index < -0.39 is 11.0 Å². The minimum Gasteiger partial charge on any atom is -0.491 e. The van der Waals surface area contributed by atoms with Crippen LogP contribution in [0, 0.1) is 17.8 Å². The smallest absolute Gasteiger partial charge is 0.263 e. The molecule has 3 aliphatic rings. The molecule has 44 heavy (non-hydrogen) atoms. The number of rotatable bonds is 4. The van der Waals surface area contributed by atoms with Crippen LogP contribution in [0.2, 0.25) is 5.02 Å². The molecule has 3 aromatic rings. The topological polar surface area (TPSA) is 71.5 Å². The summed E-state index contributed by atoms with van der Waals surface area (Å²) in [5.74, 6) is 2.43. The molecule has 1 fully saturated rings. The summed E-state index contributed by atoms with van der Waals surface area (Å²) in [4.78, 5) is 20.7. The van der Waals surface area contributed by atoms with Gasteiger partial charge in [0.1, 0.15) is 16.7 Å². The zero-order valence-electron chi connectivity index (χ0n) is 26.0. The molecule has 9 heteroatoms. The molecular weight excluding hydrogens is 610 g/mol. The summed E-state index contributed by atoms with van der Waals surface area (Å²) in [5, 5.41) is 3.98. The highest BCUT2D eigenvalue weighted by molar-refractivity contribution is 7.84. The Kier molecular flexibility index (Phi) is 9.98. The fourth-order valence-electron chi connectivity index (χ4n) is 7.38. The summed E-state index contributed by atoms with van der Waals surface area (Å²) < 4.78 is 22.6. The first-order valence-corrected chi connectivity index (χ1v) is 18.7. The zero-order valence-corrected chi connectivity index (χ0v) is 28.4. The SMILES string of the molecule is CCCc1cc(Cl)ccc1C1COc2ccc3cc2N(C1)CC1CCC1C(c1nccs1)CCCC(C)C(C)S(=O)NC3=O. The lowest BCUT2D eigenvalue weighted by atomic mass is 9.65. The number of halogens is 1. The van der Waals surface area contributed by atoms with Gasteiger partial charge in [-0.05, 0) is 98.2 Å². The van der Waals surface area contributed by atoms with Crippen LogP contribution in [0.1, 0.15) is 97.6 Å². The van der Waals surface area contributed by atoms with Crippen molar-refractivity contribution in [2.24, 2.45) is 17.8 Å². The average Bonchev–Trinajstić information content (AvgIpc) is 3.48. The highest BCUT2D eigenvalue weighted by Crippen LogP contribution is 2.49. The summed E-state index contributed by atoms with van der Waals surface area (Å²) in [6, 6.07) is 11.9. The molecule has 1 saturated carbocycles. The third-order valence-corrected chi connectivity index (χ3v) is 12.9. The number of carbonyl (C=O) groups excluding carboxylic acids is 1. The van der Waals surface area contributed by atoms with Crippen molar-refractivity contribution in [3.8, 4) is 5.75 Å². The predicted molar refractivity (Wildman–Crippen MR) is 181 cm³/mol. The second kappa shape index (κ2) is 13.9. The van der Waals surface area contributed by atoms with Crippen LogP contribution in [0.25, 0.3) is 0 Å². The summed E-state index contributed by atoms with van der Waals surface area (Å²) in [6.07, 6.45) is 9.49. The maximum Gasteiger partial charge on any atom is 0.263 e. The average molecular weight is 654 g/mol. The molecule has 0 radical (unpaired) electrons. The van der Waals surface area contributed by atoms with Crippen molar-refractivity contribution in [1.82, 2.24) is 9.71 Å². The van der Waals surface area contributed by atoms with E-state index in [1.165, 1.54) is 29.0 Å². The summed E-state index contributed by atoms with van der Waals surface area (Å²) in [5.41, 5.74) is 4.03. The van der Waals surface area contributed by atoms with Gasteiger partial charge in [-0.2, -0.15) is 0 Å². The molecule has 2 aromatic carbocycles. The van der Waals surface area contributed by atoms with Crippen molar-refractivity contribution in [1.29, 1.82) is 0 Å². The third-order valence-electron chi connectivity index (χ3n) is 10.2. The van der Waals surface area contributed by atoms with Gasteiger partial charge in [-0.3, -0.25) is 9.52 Å². The Morgan fingerprint density at radius 2 is 1.98 bits per heavy atom. The quantitative estimate of drug-likeness (QED) is 0.308. The molecule has 7 unspecified atom stereocenters.